The van der Waals surface area contributed by atoms with Crippen molar-refractivity contribution >= 4 is 12.0 Å². The van der Waals surface area contributed by atoms with Gasteiger partial charge >= 0.3 is 12.0 Å². The normalized spacial score (nSPS) is 11.5. The minimum atomic E-state index is -1.13. The van der Waals surface area contributed by atoms with Crippen molar-refractivity contribution in [2.24, 2.45) is 0 Å². The second-order valence-corrected chi connectivity index (χ2v) is 3.07. The lowest BCUT2D eigenvalue weighted by molar-refractivity contribution is -0.139. The number of nitrogens with zero attached hydrogens (tertiary/aromatic N) is 3. The largest absolute Gasteiger partial charge is 0.480 e. The Labute approximate surface area is 96.3 Å². The Balaban J connectivity index is 2.37. The molecule has 9 heteroatoms. The van der Waals surface area contributed by atoms with Crippen molar-refractivity contribution in [2.75, 3.05) is 0 Å². The molecule has 0 spiro atoms. The molecule has 0 aliphatic carbocycles. The van der Waals surface area contributed by atoms with Gasteiger partial charge in [-0.15, -0.1) is 16.8 Å². The van der Waals surface area contributed by atoms with Gasteiger partial charge in [-0.1, -0.05) is 11.3 Å². The molecule has 0 fully saturated rings. The van der Waals surface area contributed by atoms with Crippen LogP contribution in [0.2, 0.25) is 0 Å². The number of tetrazole rings is 1. The van der Waals surface area contributed by atoms with E-state index in [0.717, 1.165) is 0 Å². The van der Waals surface area contributed by atoms with Crippen LogP contribution in [-0.4, -0.2) is 43.8 Å². The molecule has 0 saturated carbocycles. The van der Waals surface area contributed by atoms with Crippen LogP contribution in [0.15, 0.2) is 12.7 Å². The van der Waals surface area contributed by atoms with Crippen LogP contribution in [0.3, 0.4) is 0 Å². The van der Waals surface area contributed by atoms with Crippen LogP contribution in [0.5, 0.6) is 0 Å². The zero-order valence-electron chi connectivity index (χ0n) is 8.88. The number of nitrogens with one attached hydrogen (secondary N) is 3. The smallest absolute Gasteiger partial charge is 0.326 e. The molecule has 0 radical (unpaired) electrons. The lowest BCUT2D eigenvalue weighted by Gasteiger charge is -2.12. The molecule has 2 amide bonds. The highest BCUT2D eigenvalue weighted by atomic mass is 16.4. The lowest BCUT2D eigenvalue weighted by Crippen LogP contribution is -2.45. The summed E-state index contributed by atoms with van der Waals surface area (Å²) in [5, 5.41) is 26.2. The van der Waals surface area contributed by atoms with E-state index in [1.807, 2.05) is 0 Å². The zero-order valence-corrected chi connectivity index (χ0v) is 8.88. The number of hydrogen-bond donors (Lipinski definition) is 4. The first-order chi connectivity index (χ1) is 8.13. The SMILES string of the molecule is C=CCC(NC(=O)NCc1nn[nH]n1)C(=O)O. The van der Waals surface area contributed by atoms with Gasteiger partial charge in [0.05, 0.1) is 6.54 Å². The predicted molar refractivity (Wildman–Crippen MR) is 55.8 cm³/mol. The van der Waals surface area contributed by atoms with Gasteiger partial charge in [0.1, 0.15) is 6.04 Å². The Morgan fingerprint density at radius 3 is 2.88 bits per heavy atom. The summed E-state index contributed by atoms with van der Waals surface area (Å²) in [5.41, 5.74) is 0. The molecule has 1 rings (SSSR count). The molecule has 1 atom stereocenters. The third-order valence-corrected chi connectivity index (χ3v) is 1.80. The maximum atomic E-state index is 11.3. The van der Waals surface area contributed by atoms with Crippen LogP contribution in [0, 0.1) is 0 Å². The van der Waals surface area contributed by atoms with Crippen LogP contribution in [0.1, 0.15) is 12.2 Å². The van der Waals surface area contributed by atoms with Crippen molar-refractivity contribution < 1.29 is 14.7 Å². The van der Waals surface area contributed by atoms with Crippen molar-refractivity contribution in [1.29, 1.82) is 0 Å². The minimum Gasteiger partial charge on any atom is -0.480 e. The van der Waals surface area contributed by atoms with Crippen molar-refractivity contribution in [3.8, 4) is 0 Å². The molecule has 9 nitrogen and oxygen atoms in total. The summed E-state index contributed by atoms with van der Waals surface area (Å²) >= 11 is 0. The molecule has 0 bridgehead atoms. The molecule has 0 saturated heterocycles. The number of carboxylic acid groups (broad SMARTS) is 1. The van der Waals surface area contributed by atoms with Gasteiger partial charge in [0.25, 0.3) is 0 Å². The van der Waals surface area contributed by atoms with Gasteiger partial charge in [-0.25, -0.2) is 9.59 Å². The van der Waals surface area contributed by atoms with Crippen molar-refractivity contribution in [3.63, 3.8) is 0 Å². The Bertz CT molecular complexity index is 390. The van der Waals surface area contributed by atoms with E-state index in [2.05, 4.69) is 37.8 Å². The summed E-state index contributed by atoms with van der Waals surface area (Å²) in [4.78, 5) is 22.0. The highest BCUT2D eigenvalue weighted by Gasteiger charge is 2.17. The highest BCUT2D eigenvalue weighted by molar-refractivity contribution is 5.82. The summed E-state index contributed by atoms with van der Waals surface area (Å²) in [6, 6.07) is -1.62. The fourth-order valence-corrected chi connectivity index (χ4v) is 1.01. The second kappa shape index (κ2) is 6.20. The molecule has 1 unspecified atom stereocenters. The number of hydrogen-bond acceptors (Lipinski definition) is 5. The second-order valence-electron chi connectivity index (χ2n) is 3.07. The van der Waals surface area contributed by atoms with Gasteiger partial charge in [-0.05, 0) is 6.42 Å². The van der Waals surface area contributed by atoms with Gasteiger partial charge in [0.2, 0.25) is 0 Å². The first-order valence-electron chi connectivity index (χ1n) is 4.74. The molecule has 1 heterocycles. The Kier molecular flexibility index (Phi) is 4.60. The quantitative estimate of drug-likeness (QED) is 0.473. The van der Waals surface area contributed by atoms with Gasteiger partial charge in [-0.2, -0.15) is 5.21 Å². The van der Waals surface area contributed by atoms with Crippen molar-refractivity contribution in [3.05, 3.63) is 18.5 Å². The van der Waals surface area contributed by atoms with E-state index in [1.165, 1.54) is 6.08 Å². The Morgan fingerprint density at radius 1 is 1.59 bits per heavy atom. The third-order valence-electron chi connectivity index (χ3n) is 1.80. The number of amides is 2. The molecule has 0 aliphatic heterocycles. The van der Waals surface area contributed by atoms with Gasteiger partial charge < -0.3 is 15.7 Å². The summed E-state index contributed by atoms with van der Waals surface area (Å²) in [6.07, 6.45) is 1.56. The van der Waals surface area contributed by atoms with E-state index in [9.17, 15) is 9.59 Å². The Hall–Kier alpha value is -2.45. The standard InChI is InChI=1S/C8H12N6O3/c1-2-3-5(7(15)16)10-8(17)9-4-6-11-13-14-12-6/h2,5H,1,3-4H2,(H,15,16)(H2,9,10,17)(H,11,12,13,14). The van der Waals surface area contributed by atoms with E-state index >= 15 is 0 Å². The lowest BCUT2D eigenvalue weighted by atomic mass is 10.2. The zero-order chi connectivity index (χ0) is 12.7. The molecule has 0 aliphatic rings. The average Bonchev–Trinajstić information content (AvgIpc) is 2.78. The number of carbonyl (C=O) groups is 2. The van der Waals surface area contributed by atoms with Crippen LogP contribution in [0.25, 0.3) is 0 Å². The van der Waals surface area contributed by atoms with Crippen LogP contribution in [-0.2, 0) is 11.3 Å². The number of rotatable bonds is 6. The Morgan fingerprint density at radius 2 is 2.35 bits per heavy atom. The van der Waals surface area contributed by atoms with E-state index in [-0.39, 0.29) is 13.0 Å². The summed E-state index contributed by atoms with van der Waals surface area (Å²) in [6.45, 7) is 3.47. The number of urea groups is 1. The number of aliphatic carboxylic acids is 1. The fourth-order valence-electron chi connectivity index (χ4n) is 1.01. The summed E-state index contributed by atoms with van der Waals surface area (Å²) in [7, 11) is 0. The third kappa shape index (κ3) is 4.28. The number of aromatic amines is 1. The van der Waals surface area contributed by atoms with Gasteiger partial charge in [0.15, 0.2) is 5.82 Å². The summed E-state index contributed by atoms with van der Waals surface area (Å²) < 4.78 is 0. The number of carboxylic acids is 1. The number of carbonyl (C=O) groups excluding carboxylic acids is 1. The van der Waals surface area contributed by atoms with Gasteiger partial charge in [0, 0.05) is 0 Å². The first kappa shape index (κ1) is 12.6. The molecular formula is C8H12N6O3. The maximum absolute atomic E-state index is 11.3. The molecule has 92 valence electrons. The molecule has 1 aromatic rings. The monoisotopic (exact) mass is 240 g/mol. The predicted octanol–water partition coefficient (Wildman–Crippen LogP) is -0.972. The van der Waals surface area contributed by atoms with E-state index in [0.29, 0.717) is 5.82 Å². The van der Waals surface area contributed by atoms with E-state index in [4.69, 9.17) is 5.11 Å². The minimum absolute atomic E-state index is 0.0583. The summed E-state index contributed by atoms with van der Waals surface area (Å²) in [5.74, 6) is -0.824. The molecular weight excluding hydrogens is 228 g/mol. The first-order valence-corrected chi connectivity index (χ1v) is 4.74. The van der Waals surface area contributed by atoms with Crippen molar-refractivity contribution in [2.45, 2.75) is 19.0 Å². The van der Waals surface area contributed by atoms with Crippen LogP contribution < -0.4 is 10.6 Å². The molecule has 1 aromatic heterocycles. The fraction of sp³-hybridized carbons (Fsp3) is 0.375. The van der Waals surface area contributed by atoms with Crippen molar-refractivity contribution in [1.82, 2.24) is 31.3 Å². The van der Waals surface area contributed by atoms with Gasteiger partial charge in [-0.3, -0.25) is 0 Å². The molecule has 17 heavy (non-hydrogen) atoms. The highest BCUT2D eigenvalue weighted by Crippen LogP contribution is 1.93. The topological polar surface area (TPSA) is 133 Å². The molecule has 4 N–H and O–H groups in total. The molecule has 0 aromatic carbocycles. The number of aromatic nitrogens is 4. The van der Waals surface area contributed by atoms with Crippen LogP contribution >= 0.6 is 0 Å². The average molecular weight is 240 g/mol. The van der Waals surface area contributed by atoms with E-state index < -0.39 is 18.0 Å². The number of H-pyrrole nitrogens is 1. The van der Waals surface area contributed by atoms with E-state index in [1.54, 1.807) is 0 Å². The van der Waals surface area contributed by atoms with Crippen LogP contribution in [0.4, 0.5) is 4.79 Å². The maximum Gasteiger partial charge on any atom is 0.326 e.